The van der Waals surface area contributed by atoms with Crippen molar-refractivity contribution in [2.24, 2.45) is 23.2 Å². The monoisotopic (exact) mass is 268 g/mol. The molecule has 0 aromatic carbocycles. The van der Waals surface area contributed by atoms with E-state index in [1.165, 1.54) is 0 Å². The third-order valence-corrected chi connectivity index (χ3v) is 3.35. The van der Waals surface area contributed by atoms with Crippen molar-refractivity contribution in [2.75, 3.05) is 0 Å². The average Bonchev–Trinajstić information content (AvgIpc) is 2.12. The highest BCUT2D eigenvalue weighted by atomic mass is 16.1. The van der Waals surface area contributed by atoms with Gasteiger partial charge in [-0.15, -0.1) is 0 Å². The summed E-state index contributed by atoms with van der Waals surface area (Å²) in [5.74, 6) is 1.66. The van der Waals surface area contributed by atoms with Crippen molar-refractivity contribution in [3.8, 4) is 0 Å². The average molecular weight is 268 g/mol. The van der Waals surface area contributed by atoms with Gasteiger partial charge in [0.05, 0.1) is 0 Å². The van der Waals surface area contributed by atoms with E-state index < -0.39 is 5.41 Å². The Bertz CT molecular complexity index is 302. The van der Waals surface area contributed by atoms with Gasteiger partial charge in [-0.2, -0.15) is 0 Å². The summed E-state index contributed by atoms with van der Waals surface area (Å²) in [6.45, 7) is 14.4. The van der Waals surface area contributed by atoms with Gasteiger partial charge in [0.25, 0.3) is 0 Å². The van der Waals surface area contributed by atoms with E-state index in [4.69, 9.17) is 0 Å². The van der Waals surface area contributed by atoms with Crippen LogP contribution in [0.15, 0.2) is 0 Å². The fourth-order valence-corrected chi connectivity index (χ4v) is 2.77. The molecular weight excluding hydrogens is 236 g/mol. The van der Waals surface area contributed by atoms with E-state index in [1.54, 1.807) is 0 Å². The Kier molecular flexibility index (Phi) is 7.54. The van der Waals surface area contributed by atoms with E-state index in [2.05, 4.69) is 27.7 Å². The predicted molar refractivity (Wildman–Crippen MR) is 81.1 cm³/mol. The second-order valence-corrected chi connectivity index (χ2v) is 7.49. The van der Waals surface area contributed by atoms with Gasteiger partial charge in [0.1, 0.15) is 11.6 Å². The molecule has 2 nitrogen and oxygen atoms in total. The zero-order valence-electron chi connectivity index (χ0n) is 13.9. The molecule has 0 aromatic rings. The standard InChI is InChI=1S/C17H32O2/c1-12(2)8-15(18)11-17(7,10-14(5)6)16(19)9-13(3)4/h12-14H,8-11H2,1-7H3. The van der Waals surface area contributed by atoms with Crippen molar-refractivity contribution in [3.63, 3.8) is 0 Å². The summed E-state index contributed by atoms with van der Waals surface area (Å²) in [7, 11) is 0. The van der Waals surface area contributed by atoms with Gasteiger partial charge in [-0.25, -0.2) is 0 Å². The fraction of sp³-hybridized carbons (Fsp3) is 0.882. The van der Waals surface area contributed by atoms with Crippen molar-refractivity contribution in [3.05, 3.63) is 0 Å². The molecule has 112 valence electrons. The highest BCUT2D eigenvalue weighted by molar-refractivity contribution is 5.90. The molecular formula is C17H32O2. The maximum absolute atomic E-state index is 12.5. The summed E-state index contributed by atoms with van der Waals surface area (Å²) in [5.41, 5.74) is -0.468. The lowest BCUT2D eigenvalue weighted by atomic mass is 9.72. The van der Waals surface area contributed by atoms with Crippen LogP contribution in [-0.2, 0) is 9.59 Å². The molecule has 0 aliphatic carbocycles. The van der Waals surface area contributed by atoms with Crippen LogP contribution in [0.2, 0.25) is 0 Å². The van der Waals surface area contributed by atoms with Crippen molar-refractivity contribution in [1.29, 1.82) is 0 Å². The number of rotatable bonds is 9. The molecule has 0 saturated carbocycles. The quantitative estimate of drug-likeness (QED) is 0.609. The Morgan fingerprint density at radius 2 is 1.32 bits per heavy atom. The second-order valence-electron chi connectivity index (χ2n) is 7.49. The van der Waals surface area contributed by atoms with Crippen LogP contribution in [-0.4, -0.2) is 11.6 Å². The van der Waals surface area contributed by atoms with E-state index in [0.717, 1.165) is 6.42 Å². The zero-order valence-corrected chi connectivity index (χ0v) is 13.9. The molecule has 0 bridgehead atoms. The van der Waals surface area contributed by atoms with Gasteiger partial charge in [0, 0.05) is 24.7 Å². The lowest BCUT2D eigenvalue weighted by Crippen LogP contribution is -2.33. The topological polar surface area (TPSA) is 34.1 Å². The Morgan fingerprint density at radius 1 is 0.842 bits per heavy atom. The zero-order chi connectivity index (χ0) is 15.2. The Morgan fingerprint density at radius 3 is 1.68 bits per heavy atom. The molecule has 0 N–H and O–H groups in total. The van der Waals surface area contributed by atoms with Crippen LogP contribution in [0.4, 0.5) is 0 Å². The van der Waals surface area contributed by atoms with Crippen LogP contribution < -0.4 is 0 Å². The minimum Gasteiger partial charge on any atom is -0.300 e. The number of hydrogen-bond donors (Lipinski definition) is 0. The van der Waals surface area contributed by atoms with Crippen LogP contribution in [0, 0.1) is 23.2 Å². The van der Waals surface area contributed by atoms with Crippen molar-refractivity contribution in [2.45, 2.75) is 74.1 Å². The number of hydrogen-bond acceptors (Lipinski definition) is 2. The van der Waals surface area contributed by atoms with Gasteiger partial charge in [0.2, 0.25) is 0 Å². The first-order chi connectivity index (χ1) is 8.56. The minimum atomic E-state index is -0.468. The van der Waals surface area contributed by atoms with Gasteiger partial charge >= 0.3 is 0 Å². The van der Waals surface area contributed by atoms with Gasteiger partial charge in [-0.05, 0) is 24.2 Å². The number of carbonyl (C=O) groups is 2. The number of Topliss-reactive ketones (excluding diaryl/α,β-unsaturated/α-hetero) is 2. The fourth-order valence-electron chi connectivity index (χ4n) is 2.77. The van der Waals surface area contributed by atoms with Crippen molar-refractivity contribution < 1.29 is 9.59 Å². The van der Waals surface area contributed by atoms with Gasteiger partial charge in [0.15, 0.2) is 0 Å². The summed E-state index contributed by atoms with van der Waals surface area (Å²) >= 11 is 0. The Labute approximate surface area is 119 Å². The Balaban J connectivity index is 4.86. The molecule has 0 aromatic heterocycles. The van der Waals surface area contributed by atoms with Gasteiger partial charge < -0.3 is 0 Å². The van der Waals surface area contributed by atoms with Crippen molar-refractivity contribution in [1.82, 2.24) is 0 Å². The second kappa shape index (κ2) is 7.81. The maximum Gasteiger partial charge on any atom is 0.139 e. The highest BCUT2D eigenvalue weighted by Crippen LogP contribution is 2.34. The molecule has 0 saturated heterocycles. The van der Waals surface area contributed by atoms with Crippen molar-refractivity contribution >= 4 is 11.6 Å². The van der Waals surface area contributed by atoms with E-state index in [1.807, 2.05) is 20.8 Å². The number of carbonyl (C=O) groups excluding carboxylic acids is 2. The van der Waals surface area contributed by atoms with E-state index in [0.29, 0.717) is 37.0 Å². The summed E-state index contributed by atoms with van der Waals surface area (Å²) < 4.78 is 0. The molecule has 2 heteroatoms. The minimum absolute atomic E-state index is 0.232. The molecule has 0 fully saturated rings. The van der Waals surface area contributed by atoms with Gasteiger partial charge in [-0.1, -0.05) is 48.5 Å². The third kappa shape index (κ3) is 7.49. The number of ketones is 2. The molecule has 19 heavy (non-hydrogen) atoms. The summed E-state index contributed by atoms with van der Waals surface area (Å²) in [4.78, 5) is 24.6. The molecule has 0 rings (SSSR count). The maximum atomic E-state index is 12.5. The van der Waals surface area contributed by atoms with E-state index >= 15 is 0 Å². The normalized spacial score (nSPS) is 15.1. The molecule has 0 aliphatic rings. The molecule has 1 unspecified atom stereocenters. The van der Waals surface area contributed by atoms with Crippen LogP contribution in [0.25, 0.3) is 0 Å². The molecule has 0 radical (unpaired) electrons. The summed E-state index contributed by atoms with van der Waals surface area (Å²) in [6.07, 6.45) is 2.39. The predicted octanol–water partition coefficient (Wildman–Crippen LogP) is 4.66. The lowest BCUT2D eigenvalue weighted by Gasteiger charge is -2.30. The first-order valence-electron chi connectivity index (χ1n) is 7.61. The van der Waals surface area contributed by atoms with E-state index in [-0.39, 0.29) is 11.6 Å². The highest BCUT2D eigenvalue weighted by Gasteiger charge is 2.35. The molecule has 0 spiro atoms. The van der Waals surface area contributed by atoms with Crippen LogP contribution in [0.5, 0.6) is 0 Å². The summed E-state index contributed by atoms with van der Waals surface area (Å²) in [5, 5.41) is 0. The first kappa shape index (κ1) is 18.3. The third-order valence-electron chi connectivity index (χ3n) is 3.35. The van der Waals surface area contributed by atoms with Crippen LogP contribution in [0.1, 0.15) is 74.1 Å². The van der Waals surface area contributed by atoms with E-state index in [9.17, 15) is 9.59 Å². The first-order valence-corrected chi connectivity index (χ1v) is 7.61. The molecule has 0 aliphatic heterocycles. The lowest BCUT2D eigenvalue weighted by molar-refractivity contribution is -0.135. The summed E-state index contributed by atoms with van der Waals surface area (Å²) in [6, 6.07) is 0. The largest absolute Gasteiger partial charge is 0.300 e. The Hall–Kier alpha value is -0.660. The molecule has 0 heterocycles. The molecule has 1 atom stereocenters. The molecule has 0 amide bonds. The van der Waals surface area contributed by atoms with Gasteiger partial charge in [-0.3, -0.25) is 9.59 Å². The van der Waals surface area contributed by atoms with Crippen LogP contribution >= 0.6 is 0 Å². The SMILES string of the molecule is CC(C)CC(=O)CC(C)(CC(C)C)C(=O)CC(C)C. The smallest absolute Gasteiger partial charge is 0.139 e. The van der Waals surface area contributed by atoms with Crippen LogP contribution in [0.3, 0.4) is 0 Å².